The molecule has 1 aromatic carbocycles. The van der Waals surface area contributed by atoms with Gasteiger partial charge in [0.25, 0.3) is 0 Å². The molecule has 1 nitrogen and oxygen atoms in total. The molecule has 0 fully saturated rings. The Morgan fingerprint density at radius 2 is 1.60 bits per heavy atom. The van der Waals surface area contributed by atoms with E-state index < -0.39 is 0 Å². The third kappa shape index (κ3) is 3.59. The lowest BCUT2D eigenvalue weighted by atomic mass is 9.94. The molecule has 0 N–H and O–H groups in total. The van der Waals surface area contributed by atoms with Crippen molar-refractivity contribution in [1.29, 1.82) is 5.26 Å². The van der Waals surface area contributed by atoms with Crippen LogP contribution in [0, 0.1) is 11.3 Å². The quantitative estimate of drug-likeness (QED) is 0.664. The molecule has 0 aromatic heterocycles. The maximum absolute atomic E-state index is 9.19. The molecular formula is C19H21N. The molecule has 0 aliphatic heterocycles. The number of nitriles is 1. The van der Waals surface area contributed by atoms with E-state index in [-0.39, 0.29) is 0 Å². The van der Waals surface area contributed by atoms with Crippen LogP contribution in [0.1, 0.15) is 38.8 Å². The summed E-state index contributed by atoms with van der Waals surface area (Å²) in [7, 11) is 0. The Kier molecular flexibility index (Phi) is 5.29. The molecule has 1 heteroatoms. The molecule has 0 heterocycles. The molecule has 0 radical (unpaired) electrons. The van der Waals surface area contributed by atoms with E-state index in [1.165, 1.54) is 0 Å². The molecule has 0 saturated carbocycles. The van der Waals surface area contributed by atoms with Gasteiger partial charge < -0.3 is 0 Å². The van der Waals surface area contributed by atoms with E-state index in [4.69, 9.17) is 0 Å². The lowest BCUT2D eigenvalue weighted by molar-refractivity contribution is 1.32. The Labute approximate surface area is 122 Å². The Bertz CT molecular complexity index is 633. The second-order valence-corrected chi connectivity index (χ2v) is 5.08. The Balaban J connectivity index is 3.39. The number of allylic oxidation sites excluding steroid dienone is 6. The van der Waals surface area contributed by atoms with Crippen molar-refractivity contribution in [2.24, 2.45) is 0 Å². The summed E-state index contributed by atoms with van der Waals surface area (Å²) in [5, 5.41) is 9.19. The van der Waals surface area contributed by atoms with Crippen LogP contribution in [-0.2, 0) is 0 Å². The summed E-state index contributed by atoms with van der Waals surface area (Å²) < 4.78 is 0. The highest BCUT2D eigenvalue weighted by Crippen LogP contribution is 2.25. The zero-order valence-electron chi connectivity index (χ0n) is 12.7. The molecule has 0 aliphatic carbocycles. The minimum Gasteiger partial charge on any atom is -0.192 e. The van der Waals surface area contributed by atoms with Crippen molar-refractivity contribution in [3.63, 3.8) is 0 Å². The molecule has 0 aliphatic rings. The van der Waals surface area contributed by atoms with Gasteiger partial charge in [-0.2, -0.15) is 5.26 Å². The molecule has 1 rings (SSSR count). The predicted octanol–water partition coefficient (Wildman–Crippen LogP) is 5.43. The summed E-state index contributed by atoms with van der Waals surface area (Å²) in [5.41, 5.74) is 6.96. The van der Waals surface area contributed by atoms with E-state index >= 15 is 0 Å². The zero-order valence-corrected chi connectivity index (χ0v) is 12.7. The van der Waals surface area contributed by atoms with Crippen LogP contribution in [0.4, 0.5) is 0 Å². The van der Waals surface area contributed by atoms with Crippen LogP contribution in [0.2, 0.25) is 0 Å². The largest absolute Gasteiger partial charge is 0.192 e. The fraction of sp³-hybridized carbons (Fsp3) is 0.211. The topological polar surface area (TPSA) is 23.8 Å². The molecule has 0 spiro atoms. The first-order valence-corrected chi connectivity index (χ1v) is 6.59. The van der Waals surface area contributed by atoms with Crippen molar-refractivity contribution in [3.8, 4) is 6.07 Å². The lowest BCUT2D eigenvalue weighted by Gasteiger charge is -2.10. The van der Waals surface area contributed by atoms with E-state index in [0.717, 1.165) is 33.4 Å². The maximum Gasteiger partial charge on any atom is 0.0998 e. The second kappa shape index (κ2) is 6.73. The number of rotatable bonds is 4. The maximum atomic E-state index is 9.19. The molecule has 20 heavy (non-hydrogen) atoms. The highest BCUT2D eigenvalue weighted by Gasteiger charge is 2.06. The van der Waals surface area contributed by atoms with Gasteiger partial charge in [-0.05, 0) is 56.0 Å². The molecule has 0 unspecified atom stereocenters. The standard InChI is InChI=1S/C19H21N/c1-13(2)19(14(3)4)11-15(5)16(6)18-10-8-7-9-17(18)12-20/h7-11H,1,3H2,2,4-6H3/b16-15+. The minimum absolute atomic E-state index is 0.699. The first kappa shape index (κ1) is 15.7. The molecule has 102 valence electrons. The van der Waals surface area contributed by atoms with Gasteiger partial charge in [0.15, 0.2) is 0 Å². The minimum atomic E-state index is 0.699. The Hall–Kier alpha value is -2.33. The van der Waals surface area contributed by atoms with Gasteiger partial charge >= 0.3 is 0 Å². The predicted molar refractivity (Wildman–Crippen MR) is 87.1 cm³/mol. The van der Waals surface area contributed by atoms with Gasteiger partial charge in [0.2, 0.25) is 0 Å². The van der Waals surface area contributed by atoms with E-state index in [1.807, 2.05) is 45.0 Å². The number of benzene rings is 1. The van der Waals surface area contributed by atoms with Crippen molar-refractivity contribution < 1.29 is 0 Å². The van der Waals surface area contributed by atoms with Gasteiger partial charge in [-0.1, -0.05) is 48.6 Å². The van der Waals surface area contributed by atoms with Crippen molar-refractivity contribution in [2.75, 3.05) is 0 Å². The van der Waals surface area contributed by atoms with Crippen LogP contribution in [0.15, 0.2) is 65.8 Å². The fourth-order valence-corrected chi connectivity index (χ4v) is 2.06. The van der Waals surface area contributed by atoms with Gasteiger partial charge in [0, 0.05) is 0 Å². The summed E-state index contributed by atoms with van der Waals surface area (Å²) in [6, 6.07) is 9.90. The third-order valence-electron chi connectivity index (χ3n) is 3.32. The van der Waals surface area contributed by atoms with Gasteiger partial charge in [0.1, 0.15) is 0 Å². The van der Waals surface area contributed by atoms with Crippen LogP contribution in [0.25, 0.3) is 5.57 Å². The highest BCUT2D eigenvalue weighted by molar-refractivity contribution is 5.73. The molecular weight excluding hydrogens is 242 g/mol. The van der Waals surface area contributed by atoms with Crippen molar-refractivity contribution >= 4 is 5.57 Å². The Morgan fingerprint density at radius 1 is 1.05 bits per heavy atom. The van der Waals surface area contributed by atoms with E-state index in [2.05, 4.69) is 32.2 Å². The van der Waals surface area contributed by atoms with Crippen molar-refractivity contribution in [2.45, 2.75) is 27.7 Å². The summed E-state index contributed by atoms with van der Waals surface area (Å²) in [5.74, 6) is 0. The second-order valence-electron chi connectivity index (χ2n) is 5.08. The van der Waals surface area contributed by atoms with Gasteiger partial charge in [-0.25, -0.2) is 0 Å². The smallest absolute Gasteiger partial charge is 0.0998 e. The van der Waals surface area contributed by atoms with Crippen molar-refractivity contribution in [1.82, 2.24) is 0 Å². The Morgan fingerprint density at radius 3 is 2.10 bits per heavy atom. The summed E-state index contributed by atoms with van der Waals surface area (Å²) >= 11 is 0. The lowest BCUT2D eigenvalue weighted by Crippen LogP contribution is -1.91. The number of nitrogens with zero attached hydrogens (tertiary/aromatic N) is 1. The molecule has 0 atom stereocenters. The van der Waals surface area contributed by atoms with E-state index in [9.17, 15) is 5.26 Å². The summed E-state index contributed by atoms with van der Waals surface area (Å²) in [4.78, 5) is 0. The number of hydrogen-bond donors (Lipinski definition) is 0. The highest BCUT2D eigenvalue weighted by atomic mass is 14.2. The van der Waals surface area contributed by atoms with Gasteiger partial charge in [-0.3, -0.25) is 0 Å². The SMILES string of the molecule is C=C(C)C(=C/C(C)=C(\C)c1ccccc1C#N)C(=C)C. The normalized spacial score (nSPS) is 11.2. The first-order valence-electron chi connectivity index (χ1n) is 6.59. The molecule has 1 aromatic rings. The fourth-order valence-electron chi connectivity index (χ4n) is 2.06. The third-order valence-corrected chi connectivity index (χ3v) is 3.32. The average molecular weight is 263 g/mol. The molecule has 0 amide bonds. The number of hydrogen-bond acceptors (Lipinski definition) is 1. The summed E-state index contributed by atoms with van der Waals surface area (Å²) in [6.45, 7) is 16.0. The van der Waals surface area contributed by atoms with Crippen molar-refractivity contribution in [3.05, 3.63) is 76.9 Å². The van der Waals surface area contributed by atoms with Crippen LogP contribution in [0.3, 0.4) is 0 Å². The van der Waals surface area contributed by atoms with E-state index in [0.29, 0.717) is 5.56 Å². The first-order chi connectivity index (χ1) is 9.38. The van der Waals surface area contributed by atoms with Gasteiger partial charge in [0.05, 0.1) is 11.6 Å². The van der Waals surface area contributed by atoms with E-state index in [1.54, 1.807) is 0 Å². The average Bonchev–Trinajstić information content (AvgIpc) is 2.42. The van der Waals surface area contributed by atoms with Gasteiger partial charge in [-0.15, -0.1) is 0 Å². The summed E-state index contributed by atoms with van der Waals surface area (Å²) in [6.07, 6.45) is 2.09. The van der Waals surface area contributed by atoms with Crippen LogP contribution in [0.5, 0.6) is 0 Å². The van der Waals surface area contributed by atoms with Crippen LogP contribution < -0.4 is 0 Å². The van der Waals surface area contributed by atoms with Crippen LogP contribution in [-0.4, -0.2) is 0 Å². The zero-order chi connectivity index (χ0) is 15.3. The molecule has 0 bridgehead atoms. The molecule has 0 saturated heterocycles. The monoisotopic (exact) mass is 263 g/mol. The van der Waals surface area contributed by atoms with Crippen LogP contribution >= 0.6 is 0 Å².